The van der Waals surface area contributed by atoms with Gasteiger partial charge in [-0.15, -0.1) is 11.3 Å². The van der Waals surface area contributed by atoms with E-state index in [1.165, 1.54) is 18.1 Å². The van der Waals surface area contributed by atoms with Gasteiger partial charge in [-0.3, -0.25) is 4.99 Å². The van der Waals surface area contributed by atoms with Crippen molar-refractivity contribution < 1.29 is 9.13 Å². The monoisotopic (exact) mass is 364 g/mol. The highest BCUT2D eigenvalue weighted by atomic mass is 32.1. The van der Waals surface area contributed by atoms with E-state index in [9.17, 15) is 4.39 Å². The number of ether oxygens (including phenoxy) is 1. The Hall–Kier alpha value is -2.15. The summed E-state index contributed by atoms with van der Waals surface area (Å²) in [5.74, 6) is 0.666. The van der Waals surface area contributed by atoms with E-state index in [1.807, 2.05) is 24.2 Å². The maximum atomic E-state index is 13.8. The number of hydrogen-bond acceptors (Lipinski definition) is 4. The van der Waals surface area contributed by atoms with E-state index >= 15 is 0 Å². The molecule has 0 saturated heterocycles. The Kier molecular flexibility index (Phi) is 7.18. The van der Waals surface area contributed by atoms with Crippen molar-refractivity contribution in [3.8, 4) is 5.75 Å². The fourth-order valence-electron chi connectivity index (χ4n) is 2.45. The van der Waals surface area contributed by atoms with E-state index in [0.717, 1.165) is 35.9 Å². The second kappa shape index (κ2) is 9.36. The molecule has 0 spiro atoms. The van der Waals surface area contributed by atoms with Crippen molar-refractivity contribution in [2.75, 3.05) is 27.7 Å². The second-order valence-electron chi connectivity index (χ2n) is 5.62. The summed E-state index contributed by atoms with van der Waals surface area (Å²) in [5, 5.41) is 4.45. The maximum absolute atomic E-state index is 13.8. The first kappa shape index (κ1) is 19.2. The molecular formula is C18H25FN4OS. The number of nitrogens with zero attached hydrogens (tertiary/aromatic N) is 3. The van der Waals surface area contributed by atoms with Crippen molar-refractivity contribution in [3.63, 3.8) is 0 Å². The van der Waals surface area contributed by atoms with Crippen LogP contribution in [0.2, 0.25) is 0 Å². The third kappa shape index (κ3) is 5.42. The van der Waals surface area contributed by atoms with Gasteiger partial charge in [0.1, 0.15) is 0 Å². The van der Waals surface area contributed by atoms with E-state index in [2.05, 4.69) is 22.2 Å². The van der Waals surface area contributed by atoms with Gasteiger partial charge in [0.2, 0.25) is 0 Å². The Morgan fingerprint density at radius 1 is 1.44 bits per heavy atom. The highest BCUT2D eigenvalue weighted by Gasteiger charge is 2.09. The van der Waals surface area contributed by atoms with Crippen molar-refractivity contribution in [2.24, 2.45) is 4.99 Å². The van der Waals surface area contributed by atoms with Crippen LogP contribution in [0.4, 0.5) is 4.39 Å². The van der Waals surface area contributed by atoms with Gasteiger partial charge >= 0.3 is 0 Å². The fourth-order valence-corrected chi connectivity index (χ4v) is 3.31. The van der Waals surface area contributed by atoms with Crippen LogP contribution in [-0.4, -0.2) is 43.6 Å². The number of aromatic nitrogens is 1. The van der Waals surface area contributed by atoms with Gasteiger partial charge in [-0.05, 0) is 24.1 Å². The number of halogens is 1. The molecule has 0 bridgehead atoms. The minimum Gasteiger partial charge on any atom is -0.494 e. The average Bonchev–Trinajstić information content (AvgIpc) is 3.07. The molecule has 0 amide bonds. The smallest absolute Gasteiger partial charge is 0.193 e. The molecule has 1 aromatic carbocycles. The molecule has 5 nitrogen and oxygen atoms in total. The summed E-state index contributed by atoms with van der Waals surface area (Å²) in [6.07, 6.45) is 3.82. The Morgan fingerprint density at radius 2 is 2.24 bits per heavy atom. The summed E-state index contributed by atoms with van der Waals surface area (Å²) < 4.78 is 18.8. The Morgan fingerprint density at radius 3 is 2.84 bits per heavy atom. The molecule has 0 unspecified atom stereocenters. The van der Waals surface area contributed by atoms with Crippen molar-refractivity contribution in [3.05, 3.63) is 45.7 Å². The summed E-state index contributed by atoms with van der Waals surface area (Å²) >= 11 is 1.75. The molecule has 1 aromatic heterocycles. The van der Waals surface area contributed by atoms with Gasteiger partial charge in [-0.1, -0.05) is 13.0 Å². The molecule has 0 aliphatic rings. The van der Waals surface area contributed by atoms with Gasteiger partial charge in [-0.2, -0.15) is 0 Å². The predicted molar refractivity (Wildman–Crippen MR) is 101 cm³/mol. The summed E-state index contributed by atoms with van der Waals surface area (Å²) in [5.41, 5.74) is 0.858. The first-order valence-corrected chi connectivity index (χ1v) is 9.06. The summed E-state index contributed by atoms with van der Waals surface area (Å²) in [7, 11) is 5.13. The molecule has 0 aliphatic heterocycles. The molecule has 1 heterocycles. The zero-order valence-electron chi connectivity index (χ0n) is 15.2. The normalized spacial score (nSPS) is 11.5. The molecule has 1 N–H and O–H groups in total. The molecule has 2 aromatic rings. The topological polar surface area (TPSA) is 49.8 Å². The maximum Gasteiger partial charge on any atom is 0.193 e. The third-order valence-electron chi connectivity index (χ3n) is 3.78. The number of hydrogen-bond donors (Lipinski definition) is 1. The van der Waals surface area contributed by atoms with E-state index in [-0.39, 0.29) is 11.6 Å². The molecule has 136 valence electrons. The minimum absolute atomic E-state index is 0.254. The van der Waals surface area contributed by atoms with Crippen LogP contribution in [0, 0.1) is 5.82 Å². The minimum atomic E-state index is -0.355. The lowest BCUT2D eigenvalue weighted by atomic mass is 10.2. The van der Waals surface area contributed by atoms with Crippen LogP contribution >= 0.6 is 11.3 Å². The zero-order chi connectivity index (χ0) is 18.2. The molecular weight excluding hydrogens is 339 g/mol. The lowest BCUT2D eigenvalue weighted by Gasteiger charge is -2.22. The number of aryl methyl sites for hydroxylation is 1. The molecule has 0 saturated carbocycles. The Labute approximate surface area is 152 Å². The molecule has 0 atom stereocenters. The van der Waals surface area contributed by atoms with Gasteiger partial charge in [-0.25, -0.2) is 9.37 Å². The van der Waals surface area contributed by atoms with Crippen LogP contribution in [0.5, 0.6) is 5.75 Å². The van der Waals surface area contributed by atoms with Gasteiger partial charge < -0.3 is 15.0 Å². The number of aliphatic imine (C=N–C) groups is 1. The number of guanidine groups is 1. The van der Waals surface area contributed by atoms with Crippen molar-refractivity contribution >= 4 is 17.3 Å². The second-order valence-corrected chi connectivity index (χ2v) is 6.82. The Balaban J connectivity index is 1.87. The molecule has 0 radical (unpaired) electrons. The summed E-state index contributed by atoms with van der Waals surface area (Å²) in [6.45, 7) is 3.44. The molecule has 7 heteroatoms. The van der Waals surface area contributed by atoms with Crippen LogP contribution in [-0.2, 0) is 19.4 Å². The lowest BCUT2D eigenvalue weighted by molar-refractivity contribution is 0.385. The van der Waals surface area contributed by atoms with Crippen molar-refractivity contribution in [2.45, 2.75) is 26.3 Å². The predicted octanol–water partition coefficient (Wildman–Crippen LogP) is 3.10. The van der Waals surface area contributed by atoms with Crippen LogP contribution in [0.25, 0.3) is 0 Å². The SMILES string of the molecule is CCc1cnc(CCNC(=NC)N(C)Cc2ccc(OC)c(F)c2)s1. The zero-order valence-corrected chi connectivity index (χ0v) is 16.0. The standard InChI is InChI=1S/C18H25FN4OS/c1-5-14-11-22-17(25-14)8-9-21-18(20-2)23(3)12-13-6-7-16(24-4)15(19)10-13/h6-7,10-11H,5,8-9,12H2,1-4H3,(H,20,21). The first-order chi connectivity index (χ1) is 12.1. The average molecular weight is 364 g/mol. The number of thiazole rings is 1. The van der Waals surface area contributed by atoms with Crippen molar-refractivity contribution in [1.29, 1.82) is 0 Å². The highest BCUT2D eigenvalue weighted by Crippen LogP contribution is 2.18. The molecule has 25 heavy (non-hydrogen) atoms. The Bertz CT molecular complexity index is 717. The van der Waals surface area contributed by atoms with Crippen LogP contribution in [0.15, 0.2) is 29.4 Å². The van der Waals surface area contributed by atoms with E-state index in [1.54, 1.807) is 24.5 Å². The summed E-state index contributed by atoms with van der Waals surface area (Å²) in [4.78, 5) is 12.0. The lowest BCUT2D eigenvalue weighted by Crippen LogP contribution is -2.39. The number of nitrogens with one attached hydrogen (secondary N) is 1. The number of benzene rings is 1. The van der Waals surface area contributed by atoms with Crippen LogP contribution < -0.4 is 10.1 Å². The van der Waals surface area contributed by atoms with Crippen LogP contribution in [0.3, 0.4) is 0 Å². The highest BCUT2D eigenvalue weighted by molar-refractivity contribution is 7.11. The van der Waals surface area contributed by atoms with Crippen molar-refractivity contribution in [1.82, 2.24) is 15.2 Å². The van der Waals surface area contributed by atoms with E-state index in [0.29, 0.717) is 6.54 Å². The quantitative estimate of drug-likeness (QED) is 0.606. The molecule has 0 fully saturated rings. The van der Waals surface area contributed by atoms with E-state index < -0.39 is 0 Å². The summed E-state index contributed by atoms with van der Waals surface area (Å²) in [6, 6.07) is 4.99. The largest absolute Gasteiger partial charge is 0.494 e. The molecule has 0 aliphatic carbocycles. The fraction of sp³-hybridized carbons (Fsp3) is 0.444. The van der Waals surface area contributed by atoms with Crippen LogP contribution in [0.1, 0.15) is 22.4 Å². The third-order valence-corrected chi connectivity index (χ3v) is 4.98. The van der Waals surface area contributed by atoms with Gasteiger partial charge in [0.25, 0.3) is 0 Å². The van der Waals surface area contributed by atoms with Gasteiger partial charge in [0, 0.05) is 44.7 Å². The van der Waals surface area contributed by atoms with Gasteiger partial charge in [0.15, 0.2) is 17.5 Å². The number of methoxy groups -OCH3 is 1. The number of rotatable bonds is 7. The van der Waals surface area contributed by atoms with Gasteiger partial charge in [0.05, 0.1) is 12.1 Å². The molecule has 2 rings (SSSR count). The first-order valence-electron chi connectivity index (χ1n) is 8.25. The van der Waals surface area contributed by atoms with E-state index in [4.69, 9.17) is 4.74 Å².